The molecule has 3 aromatic heterocycles. The number of pyridine rings is 1. The predicted octanol–water partition coefficient (Wildman–Crippen LogP) is 0.830. The van der Waals surface area contributed by atoms with Gasteiger partial charge in [0.1, 0.15) is 11.3 Å². The zero-order chi connectivity index (χ0) is 13.4. The topological polar surface area (TPSA) is 78.2 Å². The molecule has 0 aliphatic carbocycles. The van der Waals surface area contributed by atoms with Crippen LogP contribution in [0.4, 0.5) is 5.82 Å². The summed E-state index contributed by atoms with van der Waals surface area (Å²) in [5.74, 6) is 0.451. The Morgan fingerprint density at radius 1 is 1.32 bits per heavy atom. The number of anilines is 1. The third kappa shape index (κ3) is 2.08. The van der Waals surface area contributed by atoms with Gasteiger partial charge in [0.2, 0.25) is 0 Å². The molecule has 6 heteroatoms. The zero-order valence-corrected chi connectivity index (χ0v) is 10.4. The minimum Gasteiger partial charge on any atom is -0.384 e. The van der Waals surface area contributed by atoms with Crippen LogP contribution in [-0.4, -0.2) is 19.2 Å². The van der Waals surface area contributed by atoms with Crippen LogP contribution in [-0.2, 0) is 6.54 Å². The van der Waals surface area contributed by atoms with Gasteiger partial charge in [0.05, 0.1) is 17.9 Å². The van der Waals surface area contributed by atoms with Gasteiger partial charge in [-0.15, -0.1) is 0 Å². The molecule has 3 aromatic rings. The molecule has 0 unspecified atom stereocenters. The molecule has 0 saturated heterocycles. The van der Waals surface area contributed by atoms with Gasteiger partial charge >= 0.3 is 0 Å². The lowest BCUT2D eigenvalue weighted by Gasteiger charge is -2.06. The smallest absolute Gasteiger partial charge is 0.276 e. The number of aryl methyl sites for hydroxylation is 1. The van der Waals surface area contributed by atoms with Crippen LogP contribution in [0, 0.1) is 6.92 Å². The Morgan fingerprint density at radius 3 is 2.95 bits per heavy atom. The summed E-state index contributed by atoms with van der Waals surface area (Å²) in [7, 11) is 0. The van der Waals surface area contributed by atoms with Gasteiger partial charge < -0.3 is 10.3 Å². The molecule has 0 fully saturated rings. The molecule has 0 aromatic carbocycles. The van der Waals surface area contributed by atoms with Gasteiger partial charge in [-0.3, -0.25) is 4.79 Å². The van der Waals surface area contributed by atoms with Crippen molar-refractivity contribution in [1.82, 2.24) is 19.2 Å². The van der Waals surface area contributed by atoms with Gasteiger partial charge in [-0.05, 0) is 25.1 Å². The molecule has 19 heavy (non-hydrogen) atoms. The monoisotopic (exact) mass is 255 g/mol. The Bertz CT molecular complexity index is 802. The summed E-state index contributed by atoms with van der Waals surface area (Å²) in [4.78, 5) is 16.5. The minimum absolute atomic E-state index is 0.0904. The highest BCUT2D eigenvalue weighted by Crippen LogP contribution is 2.04. The van der Waals surface area contributed by atoms with E-state index in [-0.39, 0.29) is 5.56 Å². The van der Waals surface area contributed by atoms with Crippen molar-refractivity contribution in [2.24, 2.45) is 0 Å². The van der Waals surface area contributed by atoms with E-state index in [1.165, 1.54) is 0 Å². The quantitative estimate of drug-likeness (QED) is 0.735. The largest absolute Gasteiger partial charge is 0.384 e. The van der Waals surface area contributed by atoms with E-state index in [0.29, 0.717) is 17.9 Å². The number of nitrogens with zero attached hydrogens (tertiary/aromatic N) is 4. The molecule has 0 bridgehead atoms. The average Bonchev–Trinajstić information content (AvgIpc) is 2.75. The van der Waals surface area contributed by atoms with Crippen molar-refractivity contribution in [3.63, 3.8) is 0 Å². The zero-order valence-electron chi connectivity index (χ0n) is 10.4. The van der Waals surface area contributed by atoms with Crippen LogP contribution < -0.4 is 11.3 Å². The van der Waals surface area contributed by atoms with E-state index in [1.807, 2.05) is 19.1 Å². The molecule has 3 rings (SSSR count). The van der Waals surface area contributed by atoms with Gasteiger partial charge in [-0.1, -0.05) is 6.07 Å². The molecule has 2 N–H and O–H groups in total. The normalized spacial score (nSPS) is 11.0. The van der Waals surface area contributed by atoms with Crippen molar-refractivity contribution in [1.29, 1.82) is 0 Å². The summed E-state index contributed by atoms with van der Waals surface area (Å²) in [6.45, 7) is 2.25. The lowest BCUT2D eigenvalue weighted by atomic mass is 10.3. The van der Waals surface area contributed by atoms with Crippen LogP contribution in [0.3, 0.4) is 0 Å². The van der Waals surface area contributed by atoms with Crippen LogP contribution >= 0.6 is 0 Å². The van der Waals surface area contributed by atoms with Crippen molar-refractivity contribution in [2.75, 3.05) is 5.73 Å². The first-order chi connectivity index (χ1) is 9.13. The average molecular weight is 255 g/mol. The Kier molecular flexibility index (Phi) is 2.56. The van der Waals surface area contributed by atoms with Gasteiger partial charge in [-0.25, -0.2) is 9.50 Å². The highest BCUT2D eigenvalue weighted by molar-refractivity contribution is 5.45. The number of rotatable bonds is 2. The number of hydrogen-bond donors (Lipinski definition) is 1. The van der Waals surface area contributed by atoms with Crippen molar-refractivity contribution >= 4 is 11.3 Å². The van der Waals surface area contributed by atoms with E-state index >= 15 is 0 Å². The first-order valence-electron chi connectivity index (χ1n) is 5.90. The van der Waals surface area contributed by atoms with E-state index in [2.05, 4.69) is 10.1 Å². The van der Waals surface area contributed by atoms with Crippen LogP contribution in [0.1, 0.15) is 11.4 Å². The summed E-state index contributed by atoms with van der Waals surface area (Å²) in [5.41, 5.74) is 7.67. The maximum atomic E-state index is 12.3. The van der Waals surface area contributed by atoms with Crippen molar-refractivity contribution in [3.05, 3.63) is 58.4 Å². The van der Waals surface area contributed by atoms with Gasteiger partial charge in [0, 0.05) is 12.4 Å². The summed E-state index contributed by atoms with van der Waals surface area (Å²) < 4.78 is 3.18. The molecule has 0 saturated carbocycles. The summed E-state index contributed by atoms with van der Waals surface area (Å²) >= 11 is 0. The molecule has 96 valence electrons. The molecule has 0 aliphatic rings. The van der Waals surface area contributed by atoms with Crippen LogP contribution in [0.2, 0.25) is 0 Å². The maximum absolute atomic E-state index is 12.3. The fourth-order valence-electron chi connectivity index (χ4n) is 2.03. The van der Waals surface area contributed by atoms with E-state index in [1.54, 1.807) is 33.6 Å². The molecular weight excluding hydrogens is 242 g/mol. The van der Waals surface area contributed by atoms with E-state index in [9.17, 15) is 4.79 Å². The number of nitrogen functional groups attached to an aromatic ring is 1. The number of aromatic nitrogens is 4. The van der Waals surface area contributed by atoms with E-state index in [0.717, 1.165) is 11.4 Å². The second kappa shape index (κ2) is 4.24. The maximum Gasteiger partial charge on any atom is 0.276 e. The molecule has 0 spiro atoms. The molecule has 0 amide bonds. The van der Waals surface area contributed by atoms with Crippen molar-refractivity contribution < 1.29 is 0 Å². The third-order valence-electron chi connectivity index (χ3n) is 2.89. The standard InChI is InChI=1S/C13H13N5O/c1-9-7-11-13(19)17(5-6-18(11)16-9)8-10-3-2-4-12(14)15-10/h2-7H,8H2,1H3,(H2,14,15). The van der Waals surface area contributed by atoms with Crippen LogP contribution in [0.5, 0.6) is 0 Å². The van der Waals surface area contributed by atoms with Gasteiger partial charge in [-0.2, -0.15) is 5.10 Å². The number of nitrogens with two attached hydrogens (primary N) is 1. The van der Waals surface area contributed by atoms with Crippen molar-refractivity contribution in [3.8, 4) is 0 Å². The number of hydrogen-bond acceptors (Lipinski definition) is 4. The highest BCUT2D eigenvalue weighted by atomic mass is 16.1. The molecule has 0 aliphatic heterocycles. The SMILES string of the molecule is Cc1cc2c(=O)n(Cc3cccc(N)n3)ccn2n1. The molecule has 0 atom stereocenters. The molecule has 0 radical (unpaired) electrons. The van der Waals surface area contributed by atoms with Crippen LogP contribution in [0.15, 0.2) is 41.5 Å². The second-order valence-corrected chi connectivity index (χ2v) is 4.40. The van der Waals surface area contributed by atoms with E-state index in [4.69, 9.17) is 5.73 Å². The first-order valence-corrected chi connectivity index (χ1v) is 5.90. The Hall–Kier alpha value is -2.63. The number of fused-ring (bicyclic) bond motifs is 1. The van der Waals surface area contributed by atoms with Crippen molar-refractivity contribution in [2.45, 2.75) is 13.5 Å². The Balaban J connectivity index is 2.06. The summed E-state index contributed by atoms with van der Waals surface area (Å²) in [5, 5.41) is 4.20. The molecule has 3 heterocycles. The Morgan fingerprint density at radius 2 is 2.16 bits per heavy atom. The van der Waals surface area contributed by atoms with Gasteiger partial charge in [0.15, 0.2) is 0 Å². The fraction of sp³-hybridized carbons (Fsp3) is 0.154. The first kappa shape index (κ1) is 11.5. The highest BCUT2D eigenvalue weighted by Gasteiger charge is 2.06. The van der Waals surface area contributed by atoms with Crippen LogP contribution in [0.25, 0.3) is 5.52 Å². The molecular formula is C13H13N5O. The van der Waals surface area contributed by atoms with Gasteiger partial charge in [0.25, 0.3) is 5.56 Å². The molecule has 6 nitrogen and oxygen atoms in total. The second-order valence-electron chi connectivity index (χ2n) is 4.40. The summed E-state index contributed by atoms with van der Waals surface area (Å²) in [6, 6.07) is 7.15. The summed E-state index contributed by atoms with van der Waals surface area (Å²) in [6.07, 6.45) is 3.46. The lowest BCUT2D eigenvalue weighted by Crippen LogP contribution is -2.22. The predicted molar refractivity (Wildman–Crippen MR) is 71.9 cm³/mol. The van der Waals surface area contributed by atoms with E-state index < -0.39 is 0 Å². The Labute approximate surface area is 109 Å². The fourth-order valence-corrected chi connectivity index (χ4v) is 2.03. The minimum atomic E-state index is -0.0904. The third-order valence-corrected chi connectivity index (χ3v) is 2.89. The lowest BCUT2D eigenvalue weighted by molar-refractivity contribution is 0.726.